The predicted octanol–water partition coefficient (Wildman–Crippen LogP) is 4.92. The van der Waals surface area contributed by atoms with Crippen LogP contribution in [0.5, 0.6) is 0 Å². The number of rotatable bonds is 4. The summed E-state index contributed by atoms with van der Waals surface area (Å²) in [6.45, 7) is 4.01. The van der Waals surface area contributed by atoms with Gasteiger partial charge >= 0.3 is 0 Å². The number of allylic oxidation sites excluding steroid dienone is 4. The number of amidine groups is 1. The zero-order valence-corrected chi connectivity index (χ0v) is 18.9. The highest BCUT2D eigenvalue weighted by Crippen LogP contribution is 2.27. The lowest BCUT2D eigenvalue weighted by Gasteiger charge is -2.16. The summed E-state index contributed by atoms with van der Waals surface area (Å²) in [5.74, 6) is 1.32. The van der Waals surface area contributed by atoms with Crippen LogP contribution in [0.4, 0.5) is 11.4 Å². The number of carbonyl (C=O) groups excluding carboxylic acids is 1. The normalized spacial score (nSPS) is 16.6. The number of aliphatic imine (C=N–C) groups is 1. The highest BCUT2D eigenvalue weighted by molar-refractivity contribution is 6.45. The number of fused-ring (bicyclic) bond motifs is 3. The second-order valence-corrected chi connectivity index (χ2v) is 8.24. The lowest BCUT2D eigenvalue weighted by atomic mass is 9.97. The zero-order valence-electron chi connectivity index (χ0n) is 18.2. The third-order valence-corrected chi connectivity index (χ3v) is 5.65. The molecule has 5 N–H and O–H groups in total. The Balaban J connectivity index is 1.66. The molecule has 8 heteroatoms. The summed E-state index contributed by atoms with van der Waals surface area (Å²) in [7, 11) is 0. The van der Waals surface area contributed by atoms with Crippen molar-refractivity contribution in [2.45, 2.75) is 32.1 Å². The predicted molar refractivity (Wildman–Crippen MR) is 133 cm³/mol. The molecule has 0 radical (unpaired) electrons. The van der Waals surface area contributed by atoms with E-state index in [1.54, 1.807) is 18.4 Å². The Bertz CT molecular complexity index is 1180. The molecule has 0 atom stereocenters. The molecule has 1 aliphatic carbocycles. The topological polar surface area (TPSA) is 105 Å². The van der Waals surface area contributed by atoms with Gasteiger partial charge in [-0.1, -0.05) is 24.3 Å². The number of benzene rings is 1. The molecular formula is C25H26ClN5O2. The molecule has 1 aromatic heterocycles. The molecule has 0 saturated carbocycles. The summed E-state index contributed by atoms with van der Waals surface area (Å²) in [6.07, 6.45) is 10.8. The number of nitrogens with two attached hydrogens (primary N) is 1. The molecule has 1 aliphatic heterocycles. The molecule has 0 spiro atoms. The summed E-state index contributed by atoms with van der Waals surface area (Å²) < 4.78 is 5.29. The molecule has 2 aromatic rings. The fourth-order valence-electron chi connectivity index (χ4n) is 3.79. The van der Waals surface area contributed by atoms with Crippen molar-refractivity contribution in [3.8, 4) is 0 Å². The van der Waals surface area contributed by atoms with Crippen molar-refractivity contribution in [3.05, 3.63) is 95.0 Å². The summed E-state index contributed by atoms with van der Waals surface area (Å²) >= 11 is 6.30. The highest BCUT2D eigenvalue weighted by Gasteiger charge is 2.15. The van der Waals surface area contributed by atoms with Gasteiger partial charge in [0, 0.05) is 23.3 Å². The van der Waals surface area contributed by atoms with E-state index in [1.165, 1.54) is 11.8 Å². The number of nitrogens with zero attached hydrogens (tertiary/aromatic N) is 1. The quantitative estimate of drug-likeness (QED) is 0.515. The van der Waals surface area contributed by atoms with Crippen LogP contribution in [0, 0.1) is 0 Å². The second kappa shape index (κ2) is 10.3. The van der Waals surface area contributed by atoms with E-state index in [0.29, 0.717) is 17.4 Å². The number of hydrogen-bond donors (Lipinski definition) is 4. The monoisotopic (exact) mass is 463 g/mol. The Morgan fingerprint density at radius 3 is 2.94 bits per heavy atom. The SMILES string of the molecule is C=C1N=C(/C(Cl)=C\N)Nc2ccc(NC(=O)Cc3ccco3)c(c2)CCC2=CCCC(=C2)N1. The van der Waals surface area contributed by atoms with Gasteiger partial charge in [-0.2, -0.15) is 0 Å². The van der Waals surface area contributed by atoms with E-state index in [1.807, 2.05) is 18.2 Å². The van der Waals surface area contributed by atoms with Gasteiger partial charge in [0.1, 0.15) is 11.6 Å². The van der Waals surface area contributed by atoms with Crippen molar-refractivity contribution in [1.29, 1.82) is 0 Å². The number of amides is 1. The van der Waals surface area contributed by atoms with E-state index in [2.05, 4.69) is 39.7 Å². The van der Waals surface area contributed by atoms with Gasteiger partial charge in [0.25, 0.3) is 0 Å². The third kappa shape index (κ3) is 5.96. The second-order valence-electron chi connectivity index (χ2n) is 7.84. The first-order valence-corrected chi connectivity index (χ1v) is 11.1. The van der Waals surface area contributed by atoms with E-state index in [0.717, 1.165) is 48.3 Å². The average Bonchev–Trinajstić information content (AvgIpc) is 3.30. The van der Waals surface area contributed by atoms with Crippen LogP contribution in [-0.2, 0) is 17.6 Å². The maximum atomic E-state index is 12.6. The third-order valence-electron chi connectivity index (χ3n) is 5.34. The van der Waals surface area contributed by atoms with Gasteiger partial charge in [0.05, 0.1) is 17.7 Å². The maximum Gasteiger partial charge on any atom is 0.232 e. The number of halogens is 1. The van der Waals surface area contributed by atoms with Gasteiger partial charge in [-0.25, -0.2) is 4.99 Å². The van der Waals surface area contributed by atoms with Crippen LogP contribution in [0.15, 0.2) is 93.1 Å². The largest absolute Gasteiger partial charge is 0.469 e. The molecule has 0 unspecified atom stereocenters. The Labute approximate surface area is 197 Å². The summed E-state index contributed by atoms with van der Waals surface area (Å²) in [4.78, 5) is 17.1. The summed E-state index contributed by atoms with van der Waals surface area (Å²) in [5, 5.41) is 9.77. The molecule has 4 rings (SSSR count). The first kappa shape index (κ1) is 22.5. The van der Waals surface area contributed by atoms with Gasteiger partial charge in [-0.05, 0) is 73.2 Å². The molecule has 7 nitrogen and oxygen atoms in total. The minimum absolute atomic E-state index is 0.138. The molecule has 170 valence electrons. The molecule has 0 saturated heterocycles. The molecule has 4 bridgehead atoms. The Morgan fingerprint density at radius 2 is 2.15 bits per heavy atom. The average molecular weight is 464 g/mol. The summed E-state index contributed by atoms with van der Waals surface area (Å²) in [5.41, 5.74) is 10.4. The van der Waals surface area contributed by atoms with E-state index >= 15 is 0 Å². The van der Waals surface area contributed by atoms with Crippen LogP contribution < -0.4 is 21.7 Å². The van der Waals surface area contributed by atoms with Gasteiger partial charge in [0.2, 0.25) is 5.91 Å². The number of anilines is 2. The van der Waals surface area contributed by atoms with Crippen molar-refractivity contribution >= 4 is 34.7 Å². The molecule has 0 fully saturated rings. The van der Waals surface area contributed by atoms with Crippen LogP contribution in [0.2, 0.25) is 0 Å². The van der Waals surface area contributed by atoms with Crippen molar-refractivity contribution in [2.24, 2.45) is 10.7 Å². The molecule has 1 aromatic carbocycles. The van der Waals surface area contributed by atoms with Crippen LogP contribution >= 0.6 is 11.6 Å². The number of furan rings is 1. The molecule has 1 amide bonds. The van der Waals surface area contributed by atoms with Crippen molar-refractivity contribution in [2.75, 3.05) is 10.6 Å². The number of nitrogens with one attached hydrogen (secondary N) is 3. The molecule has 2 heterocycles. The van der Waals surface area contributed by atoms with Crippen LogP contribution in [-0.4, -0.2) is 11.7 Å². The number of carbonyl (C=O) groups is 1. The lowest BCUT2D eigenvalue weighted by Crippen LogP contribution is -2.18. The lowest BCUT2D eigenvalue weighted by molar-refractivity contribution is -0.115. The van der Waals surface area contributed by atoms with E-state index in [-0.39, 0.29) is 17.4 Å². The van der Waals surface area contributed by atoms with E-state index in [4.69, 9.17) is 21.8 Å². The summed E-state index contributed by atoms with van der Waals surface area (Å²) in [6, 6.07) is 9.27. The van der Waals surface area contributed by atoms with Gasteiger partial charge in [-0.3, -0.25) is 4.79 Å². The number of hydrogen-bond acceptors (Lipinski definition) is 6. The fraction of sp³-hybridized carbons (Fsp3) is 0.200. The molecule has 2 aliphatic rings. The smallest absolute Gasteiger partial charge is 0.232 e. The standard InChI is InChI=1S/C25H26ClN5O2/c1-16-28-19-5-2-4-17(12-19)7-8-18-13-20(30-25(29-16)22(26)15-27)9-10-23(18)31-24(32)14-21-6-3-11-33-21/h3-4,6,9-13,15,28H,1-2,5,7-8,14,27H2,(H,29,30)(H,31,32)/b22-15+. The zero-order chi connectivity index (χ0) is 23.2. The fourth-order valence-corrected chi connectivity index (χ4v) is 3.88. The van der Waals surface area contributed by atoms with Crippen molar-refractivity contribution in [1.82, 2.24) is 5.32 Å². The van der Waals surface area contributed by atoms with Crippen molar-refractivity contribution in [3.63, 3.8) is 0 Å². The Hall–Kier alpha value is -3.71. The minimum Gasteiger partial charge on any atom is -0.469 e. The molecule has 33 heavy (non-hydrogen) atoms. The van der Waals surface area contributed by atoms with Crippen LogP contribution in [0.3, 0.4) is 0 Å². The van der Waals surface area contributed by atoms with E-state index in [9.17, 15) is 4.79 Å². The Kier molecular flexibility index (Phi) is 7.00. The maximum absolute atomic E-state index is 12.6. The first-order valence-electron chi connectivity index (χ1n) is 10.7. The van der Waals surface area contributed by atoms with Crippen molar-refractivity contribution < 1.29 is 9.21 Å². The van der Waals surface area contributed by atoms with Gasteiger partial charge in [0.15, 0.2) is 5.84 Å². The van der Waals surface area contributed by atoms with Crippen LogP contribution in [0.1, 0.15) is 30.6 Å². The molecular weight excluding hydrogens is 438 g/mol. The van der Waals surface area contributed by atoms with E-state index < -0.39 is 0 Å². The first-order chi connectivity index (χ1) is 16.0. The highest BCUT2D eigenvalue weighted by atomic mass is 35.5. The minimum atomic E-state index is -0.138. The number of aryl methyl sites for hydroxylation is 1. The van der Waals surface area contributed by atoms with Gasteiger partial charge in [-0.15, -0.1) is 0 Å². The van der Waals surface area contributed by atoms with Crippen LogP contribution in [0.25, 0.3) is 0 Å². The van der Waals surface area contributed by atoms with Gasteiger partial charge < -0.3 is 26.1 Å². The Morgan fingerprint density at radius 1 is 1.27 bits per heavy atom.